The fourth-order valence-corrected chi connectivity index (χ4v) is 6.22. The lowest BCUT2D eigenvalue weighted by Gasteiger charge is -2.40. The van der Waals surface area contributed by atoms with Crippen LogP contribution in [0, 0.1) is 16.7 Å². The average Bonchev–Trinajstić information content (AvgIpc) is 3.02. The molecule has 4 N–H and O–H groups in total. The number of anilines is 1. The predicted octanol–water partition coefficient (Wildman–Crippen LogP) is 6.10. The van der Waals surface area contributed by atoms with E-state index < -0.39 is 5.97 Å². The van der Waals surface area contributed by atoms with E-state index in [0.29, 0.717) is 18.0 Å². The van der Waals surface area contributed by atoms with Gasteiger partial charge < -0.3 is 20.6 Å². The van der Waals surface area contributed by atoms with E-state index in [9.17, 15) is 20.1 Å². The summed E-state index contributed by atoms with van der Waals surface area (Å²) in [4.78, 5) is 11.7. The van der Waals surface area contributed by atoms with Crippen molar-refractivity contribution in [3.05, 3.63) is 51.5 Å². The molecule has 0 aliphatic heterocycles. The normalized spacial score (nSPS) is 26.7. The number of phenolic OH excluding ortho intramolecular Hbond substituents is 1. The summed E-state index contributed by atoms with van der Waals surface area (Å²) < 4.78 is 0.865. The third-order valence-corrected chi connectivity index (χ3v) is 8.59. The number of carbonyl (C=O) groups is 1. The van der Waals surface area contributed by atoms with E-state index in [1.54, 1.807) is 18.2 Å². The Morgan fingerprint density at radius 2 is 1.93 bits per heavy atom. The standard InChI is InChI=1S/C24H28BrNO4/c1-23(2)14-8-9-24(23,3)17(11-14)20-18(6-5-16(21(20)28)22(29)30)26-12-13-10-15(25)4-7-19(13)27/h4-7,10,14,17,26-28H,8-9,11-12H2,1-3H3,(H,29,30). The molecule has 2 aliphatic rings. The van der Waals surface area contributed by atoms with Gasteiger partial charge in [0.2, 0.25) is 0 Å². The molecule has 2 bridgehead atoms. The van der Waals surface area contributed by atoms with E-state index in [2.05, 4.69) is 42.0 Å². The Hall–Kier alpha value is -2.21. The highest BCUT2D eigenvalue weighted by Crippen LogP contribution is 2.72. The van der Waals surface area contributed by atoms with Crippen LogP contribution in [-0.2, 0) is 6.54 Å². The second kappa shape index (κ2) is 7.19. The number of rotatable bonds is 5. The Morgan fingerprint density at radius 3 is 2.53 bits per heavy atom. The highest BCUT2D eigenvalue weighted by Gasteiger charge is 2.62. The van der Waals surface area contributed by atoms with Gasteiger partial charge >= 0.3 is 5.97 Å². The maximum atomic E-state index is 11.7. The Kier molecular flexibility index (Phi) is 5.04. The number of nitrogens with one attached hydrogen (secondary N) is 1. The van der Waals surface area contributed by atoms with E-state index in [1.807, 2.05) is 6.07 Å². The summed E-state index contributed by atoms with van der Waals surface area (Å²) in [6, 6.07) is 8.44. The number of hydrogen-bond acceptors (Lipinski definition) is 4. The maximum Gasteiger partial charge on any atom is 0.339 e. The van der Waals surface area contributed by atoms with E-state index >= 15 is 0 Å². The summed E-state index contributed by atoms with van der Waals surface area (Å²) in [5.41, 5.74) is 2.19. The van der Waals surface area contributed by atoms with Crippen molar-refractivity contribution in [2.75, 3.05) is 5.32 Å². The SMILES string of the molecule is CC1(C)C2CCC1(C)C(c1c(NCc3cc(Br)ccc3O)ccc(C(=O)O)c1O)C2. The summed E-state index contributed by atoms with van der Waals surface area (Å²) in [7, 11) is 0. The number of fused-ring (bicyclic) bond motifs is 2. The molecule has 2 fully saturated rings. The van der Waals surface area contributed by atoms with E-state index in [4.69, 9.17) is 0 Å². The van der Waals surface area contributed by atoms with Crippen LogP contribution in [0.2, 0.25) is 0 Å². The van der Waals surface area contributed by atoms with Crippen molar-refractivity contribution in [3.8, 4) is 11.5 Å². The van der Waals surface area contributed by atoms with Crippen LogP contribution < -0.4 is 5.32 Å². The molecule has 3 atom stereocenters. The zero-order chi connectivity index (χ0) is 21.8. The molecule has 30 heavy (non-hydrogen) atoms. The van der Waals surface area contributed by atoms with Crippen LogP contribution in [0.1, 0.15) is 67.4 Å². The van der Waals surface area contributed by atoms with Crippen LogP contribution in [0.4, 0.5) is 5.69 Å². The van der Waals surface area contributed by atoms with Crippen molar-refractivity contribution < 1.29 is 20.1 Å². The zero-order valence-electron chi connectivity index (χ0n) is 17.5. The van der Waals surface area contributed by atoms with Gasteiger partial charge in [-0.3, -0.25) is 0 Å². The molecule has 2 aliphatic carbocycles. The molecule has 5 nitrogen and oxygen atoms in total. The number of carboxylic acids is 1. The van der Waals surface area contributed by atoms with Crippen molar-refractivity contribution >= 4 is 27.6 Å². The number of carboxylic acid groups (broad SMARTS) is 1. The number of phenols is 2. The van der Waals surface area contributed by atoms with Gasteiger partial charge in [0.15, 0.2) is 0 Å². The van der Waals surface area contributed by atoms with Gasteiger partial charge in [0.1, 0.15) is 17.1 Å². The molecule has 0 heterocycles. The van der Waals surface area contributed by atoms with Crippen molar-refractivity contribution in [2.24, 2.45) is 16.7 Å². The van der Waals surface area contributed by atoms with Crippen molar-refractivity contribution in [1.29, 1.82) is 0 Å². The molecular weight excluding hydrogens is 446 g/mol. The van der Waals surface area contributed by atoms with Gasteiger partial charge in [-0.05, 0) is 72.3 Å². The number of aromatic hydroxyl groups is 2. The predicted molar refractivity (Wildman–Crippen MR) is 120 cm³/mol. The Bertz CT molecular complexity index is 1020. The monoisotopic (exact) mass is 473 g/mol. The van der Waals surface area contributed by atoms with Crippen molar-refractivity contribution in [3.63, 3.8) is 0 Å². The molecule has 2 aromatic carbocycles. The quantitative estimate of drug-likeness (QED) is 0.421. The molecule has 0 saturated heterocycles. The second-order valence-corrected chi connectivity index (χ2v) is 10.4. The van der Waals surface area contributed by atoms with Gasteiger partial charge in [0.05, 0.1) is 0 Å². The fourth-order valence-electron chi connectivity index (χ4n) is 5.81. The van der Waals surface area contributed by atoms with E-state index in [0.717, 1.165) is 28.6 Å². The lowest BCUT2D eigenvalue weighted by molar-refractivity contribution is 0.0693. The van der Waals surface area contributed by atoms with Crippen molar-refractivity contribution in [2.45, 2.75) is 52.5 Å². The summed E-state index contributed by atoms with van der Waals surface area (Å²) in [5, 5.41) is 34.1. The van der Waals surface area contributed by atoms with Gasteiger partial charge in [-0.1, -0.05) is 36.7 Å². The highest BCUT2D eigenvalue weighted by molar-refractivity contribution is 9.10. The van der Waals surface area contributed by atoms with Gasteiger partial charge in [0.25, 0.3) is 0 Å². The Morgan fingerprint density at radius 1 is 1.20 bits per heavy atom. The van der Waals surface area contributed by atoms with Crippen LogP contribution >= 0.6 is 15.9 Å². The van der Waals surface area contributed by atoms with Crippen LogP contribution in [0.3, 0.4) is 0 Å². The van der Waals surface area contributed by atoms with Gasteiger partial charge in [0, 0.05) is 27.8 Å². The third-order valence-electron chi connectivity index (χ3n) is 8.10. The first-order chi connectivity index (χ1) is 14.1. The number of hydrogen-bond donors (Lipinski definition) is 4. The molecule has 3 unspecified atom stereocenters. The van der Waals surface area contributed by atoms with E-state index in [1.165, 1.54) is 12.5 Å². The number of aromatic carboxylic acids is 1. The summed E-state index contributed by atoms with van der Waals surface area (Å²) in [5.74, 6) is -0.448. The average molecular weight is 474 g/mol. The fraction of sp³-hybridized carbons (Fsp3) is 0.458. The second-order valence-electron chi connectivity index (χ2n) is 9.52. The van der Waals surface area contributed by atoms with Crippen LogP contribution in [0.15, 0.2) is 34.8 Å². The van der Waals surface area contributed by atoms with E-state index in [-0.39, 0.29) is 33.8 Å². The van der Waals surface area contributed by atoms with Crippen LogP contribution in [0.25, 0.3) is 0 Å². The minimum atomic E-state index is -1.13. The Labute approximate surface area is 185 Å². The number of benzene rings is 2. The largest absolute Gasteiger partial charge is 0.508 e. The molecule has 160 valence electrons. The number of halogens is 1. The maximum absolute atomic E-state index is 11.7. The summed E-state index contributed by atoms with van der Waals surface area (Å²) >= 11 is 3.43. The molecule has 0 amide bonds. The topological polar surface area (TPSA) is 89.8 Å². The van der Waals surface area contributed by atoms with Gasteiger partial charge in [-0.25, -0.2) is 4.79 Å². The van der Waals surface area contributed by atoms with Gasteiger partial charge in [-0.2, -0.15) is 0 Å². The first kappa shape index (κ1) is 21.0. The summed E-state index contributed by atoms with van der Waals surface area (Å²) in [6.45, 7) is 7.24. The Balaban J connectivity index is 1.76. The molecule has 2 saturated carbocycles. The van der Waals surface area contributed by atoms with Crippen LogP contribution in [0.5, 0.6) is 11.5 Å². The smallest absolute Gasteiger partial charge is 0.339 e. The van der Waals surface area contributed by atoms with Crippen molar-refractivity contribution in [1.82, 2.24) is 0 Å². The van der Waals surface area contributed by atoms with Gasteiger partial charge in [-0.15, -0.1) is 0 Å². The lowest BCUT2D eigenvalue weighted by atomic mass is 9.64. The van der Waals surface area contributed by atoms with Crippen LogP contribution in [-0.4, -0.2) is 21.3 Å². The lowest BCUT2D eigenvalue weighted by Crippen LogP contribution is -2.31. The zero-order valence-corrected chi connectivity index (χ0v) is 19.1. The molecule has 0 aromatic heterocycles. The molecule has 2 aromatic rings. The highest BCUT2D eigenvalue weighted by atomic mass is 79.9. The molecule has 6 heteroatoms. The molecule has 4 rings (SSSR count). The first-order valence-electron chi connectivity index (χ1n) is 10.4. The first-order valence-corrected chi connectivity index (χ1v) is 11.2. The minimum absolute atomic E-state index is 0.0133. The molecular formula is C24H28BrNO4. The third kappa shape index (κ3) is 3.08. The molecule has 0 spiro atoms. The molecule has 0 radical (unpaired) electrons. The summed E-state index contributed by atoms with van der Waals surface area (Å²) in [6.07, 6.45) is 3.18. The minimum Gasteiger partial charge on any atom is -0.508 e.